The molecule has 0 aliphatic carbocycles. The van der Waals surface area contributed by atoms with Gasteiger partial charge in [-0.15, -0.1) is 12.4 Å². The number of fused-ring (bicyclic) bond motifs is 2. The smallest absolute Gasteiger partial charge is 0.351 e. The first-order valence-corrected chi connectivity index (χ1v) is 10.8. The second-order valence-corrected chi connectivity index (χ2v) is 9.87. The first-order valence-electron chi connectivity index (χ1n) is 10.8. The lowest BCUT2D eigenvalue weighted by atomic mass is 9.90. The Balaban J connectivity index is 0.00000272. The maximum Gasteiger partial charge on any atom is 0.455 e. The second kappa shape index (κ2) is 8.77. The Bertz CT molecular complexity index is 760. The van der Waals surface area contributed by atoms with E-state index in [1.165, 1.54) is 0 Å². The Morgan fingerprint density at radius 1 is 1.03 bits per heavy atom. The van der Waals surface area contributed by atoms with Crippen molar-refractivity contribution in [2.75, 3.05) is 18.0 Å². The fraction of sp³-hybridized carbons (Fsp3) is 0.850. The molecule has 0 radical (unpaired) electrons. The van der Waals surface area contributed by atoms with E-state index in [1.807, 2.05) is 25.7 Å². The van der Waals surface area contributed by atoms with E-state index in [0.29, 0.717) is 6.04 Å². The molecule has 0 spiro atoms. The lowest BCUT2D eigenvalue weighted by Gasteiger charge is -2.44. The first kappa shape index (κ1) is 24.1. The van der Waals surface area contributed by atoms with Crippen molar-refractivity contribution < 1.29 is 22.5 Å². The lowest BCUT2D eigenvalue weighted by molar-refractivity contribution is -0.146. The maximum absolute atomic E-state index is 12.8. The van der Waals surface area contributed by atoms with E-state index >= 15 is 0 Å². The van der Waals surface area contributed by atoms with Crippen LogP contribution in [-0.4, -0.2) is 57.7 Å². The highest BCUT2D eigenvalue weighted by molar-refractivity contribution is 5.85. The highest BCUT2D eigenvalue weighted by Gasteiger charge is 2.46. The molecule has 2 atom stereocenters. The third-order valence-electron chi connectivity index (χ3n) is 6.51. The van der Waals surface area contributed by atoms with Crippen molar-refractivity contribution in [1.29, 1.82) is 0 Å². The monoisotopic (exact) mass is 465 g/mol. The summed E-state index contributed by atoms with van der Waals surface area (Å²) in [4.78, 5) is 20.4. The summed E-state index contributed by atoms with van der Waals surface area (Å²) in [5, 5.41) is 6.19. The van der Waals surface area contributed by atoms with Crippen molar-refractivity contribution in [1.82, 2.24) is 20.4 Å². The van der Waals surface area contributed by atoms with Crippen LogP contribution in [0, 0.1) is 5.92 Å². The molecule has 2 bridgehead atoms. The average molecular weight is 466 g/mol. The van der Waals surface area contributed by atoms with Gasteiger partial charge in [0.05, 0.1) is 0 Å². The number of nitrogens with one attached hydrogen (secondary N) is 1. The molecule has 11 heteroatoms. The van der Waals surface area contributed by atoms with E-state index in [4.69, 9.17) is 4.52 Å². The number of carbonyl (C=O) groups is 1. The Morgan fingerprint density at radius 2 is 1.61 bits per heavy atom. The van der Waals surface area contributed by atoms with Gasteiger partial charge in [-0.05, 0) is 77.5 Å². The van der Waals surface area contributed by atoms with Crippen molar-refractivity contribution >= 4 is 24.3 Å². The number of hydrogen-bond acceptors (Lipinski definition) is 6. The number of carbonyl (C=O) groups excluding carboxylic acids is 1. The van der Waals surface area contributed by atoms with Gasteiger partial charge in [-0.2, -0.15) is 18.2 Å². The summed E-state index contributed by atoms with van der Waals surface area (Å²) in [6.45, 7) is 7.73. The van der Waals surface area contributed by atoms with E-state index in [0.717, 1.165) is 51.6 Å². The van der Waals surface area contributed by atoms with Crippen molar-refractivity contribution in [3.05, 3.63) is 5.82 Å². The fourth-order valence-electron chi connectivity index (χ4n) is 5.19. The summed E-state index contributed by atoms with van der Waals surface area (Å²) < 4.78 is 43.4. The molecule has 3 fully saturated rings. The number of likely N-dealkylation sites (tertiary alicyclic amines) is 1. The van der Waals surface area contributed by atoms with Crippen LogP contribution in [0.1, 0.15) is 65.1 Å². The maximum atomic E-state index is 12.8. The van der Waals surface area contributed by atoms with Gasteiger partial charge in [0.15, 0.2) is 0 Å². The summed E-state index contributed by atoms with van der Waals surface area (Å²) in [6.07, 6.45) is 0.692. The van der Waals surface area contributed by atoms with Gasteiger partial charge in [-0.3, -0.25) is 4.79 Å². The Kier molecular flexibility index (Phi) is 6.82. The highest BCUT2D eigenvalue weighted by Crippen LogP contribution is 2.41. The molecule has 0 saturated carbocycles. The van der Waals surface area contributed by atoms with E-state index in [9.17, 15) is 18.0 Å². The van der Waals surface area contributed by atoms with Crippen molar-refractivity contribution in [3.63, 3.8) is 0 Å². The Morgan fingerprint density at radius 3 is 2.10 bits per heavy atom. The molecule has 31 heavy (non-hydrogen) atoms. The van der Waals surface area contributed by atoms with Gasteiger partial charge in [-0.25, -0.2) is 0 Å². The number of amides is 1. The van der Waals surface area contributed by atoms with Crippen LogP contribution in [0.15, 0.2) is 4.52 Å². The van der Waals surface area contributed by atoms with Crippen LogP contribution in [0.25, 0.3) is 0 Å². The molecular formula is C20H31ClF3N5O2. The van der Waals surface area contributed by atoms with Crippen molar-refractivity contribution in [2.24, 2.45) is 5.92 Å². The highest BCUT2D eigenvalue weighted by atomic mass is 35.5. The molecule has 4 rings (SSSR count). The minimum absolute atomic E-state index is 0. The minimum atomic E-state index is -4.59. The molecule has 1 amide bonds. The van der Waals surface area contributed by atoms with E-state index < -0.39 is 12.0 Å². The van der Waals surface area contributed by atoms with Gasteiger partial charge in [0.25, 0.3) is 5.82 Å². The first-order chi connectivity index (χ1) is 14.0. The van der Waals surface area contributed by atoms with Crippen LogP contribution in [0.5, 0.6) is 0 Å². The standard InChI is InChI=1S/C20H30F3N5O2.ClH/c1-19(2,3)25-16(29)12-6-8-27(9-7-12)15-10-13-4-5-14(11-15)28(13)18-24-17(26-30-18)20(21,22)23;/h12-15H,4-11H2,1-3H3,(H,25,29);1H. The summed E-state index contributed by atoms with van der Waals surface area (Å²) in [5.41, 5.74) is -0.221. The fourth-order valence-corrected chi connectivity index (χ4v) is 5.19. The summed E-state index contributed by atoms with van der Waals surface area (Å²) in [5.74, 6) is -1.03. The van der Waals surface area contributed by atoms with Gasteiger partial charge in [0, 0.05) is 29.6 Å². The molecule has 3 aliphatic rings. The van der Waals surface area contributed by atoms with Gasteiger partial charge >= 0.3 is 12.2 Å². The molecule has 7 nitrogen and oxygen atoms in total. The quantitative estimate of drug-likeness (QED) is 0.734. The molecule has 1 aromatic heterocycles. The summed E-state index contributed by atoms with van der Waals surface area (Å²) in [6, 6.07) is 0.621. The van der Waals surface area contributed by atoms with Crippen molar-refractivity contribution in [3.8, 4) is 0 Å². The van der Waals surface area contributed by atoms with Crippen LogP contribution in [0.2, 0.25) is 0 Å². The Hall–Kier alpha value is -1.55. The van der Waals surface area contributed by atoms with E-state index in [-0.39, 0.29) is 47.9 Å². The SMILES string of the molecule is CC(C)(C)NC(=O)C1CCN(C2CC3CCC(C2)N3c2nc(C(F)(F)F)no2)CC1.Cl. The third kappa shape index (κ3) is 5.27. The van der Waals surface area contributed by atoms with Crippen LogP contribution in [-0.2, 0) is 11.0 Å². The molecule has 3 aliphatic heterocycles. The zero-order valence-electron chi connectivity index (χ0n) is 18.1. The normalized spacial score (nSPS) is 27.8. The topological polar surface area (TPSA) is 74.5 Å². The third-order valence-corrected chi connectivity index (χ3v) is 6.51. The Labute approximate surface area is 186 Å². The summed E-state index contributed by atoms with van der Waals surface area (Å²) in [7, 11) is 0. The van der Waals surface area contributed by atoms with Gasteiger partial charge in [-0.1, -0.05) is 0 Å². The molecule has 4 heterocycles. The molecule has 0 aromatic carbocycles. The molecular weight excluding hydrogens is 435 g/mol. The molecule has 2 unspecified atom stereocenters. The van der Waals surface area contributed by atoms with E-state index in [2.05, 4.69) is 20.4 Å². The zero-order valence-corrected chi connectivity index (χ0v) is 18.9. The lowest BCUT2D eigenvalue weighted by Crippen LogP contribution is -2.53. The number of nitrogens with zero attached hydrogens (tertiary/aromatic N) is 4. The van der Waals surface area contributed by atoms with Crippen LogP contribution in [0.3, 0.4) is 0 Å². The van der Waals surface area contributed by atoms with Gasteiger partial charge in [0.2, 0.25) is 5.91 Å². The average Bonchev–Trinajstić information content (AvgIpc) is 3.22. The van der Waals surface area contributed by atoms with Crippen LogP contribution in [0.4, 0.5) is 19.2 Å². The van der Waals surface area contributed by atoms with E-state index in [1.54, 1.807) is 0 Å². The zero-order chi connectivity index (χ0) is 21.7. The molecule has 3 saturated heterocycles. The number of rotatable bonds is 3. The number of halogens is 4. The van der Waals surface area contributed by atoms with Gasteiger partial charge in [0.1, 0.15) is 0 Å². The number of piperidine rings is 2. The summed E-state index contributed by atoms with van der Waals surface area (Å²) >= 11 is 0. The largest absolute Gasteiger partial charge is 0.455 e. The number of anilines is 1. The number of hydrogen-bond donors (Lipinski definition) is 1. The van der Waals surface area contributed by atoms with Crippen LogP contribution >= 0.6 is 12.4 Å². The van der Waals surface area contributed by atoms with Gasteiger partial charge < -0.3 is 19.6 Å². The van der Waals surface area contributed by atoms with Crippen LogP contribution < -0.4 is 10.2 Å². The minimum Gasteiger partial charge on any atom is -0.351 e. The predicted molar refractivity (Wildman–Crippen MR) is 111 cm³/mol. The molecule has 1 N–H and O–H groups in total. The molecule has 176 valence electrons. The number of aromatic nitrogens is 2. The van der Waals surface area contributed by atoms with Crippen molar-refractivity contribution in [2.45, 2.75) is 89.1 Å². The second-order valence-electron chi connectivity index (χ2n) is 9.87. The predicted octanol–water partition coefficient (Wildman–Crippen LogP) is 3.64. The molecule has 1 aromatic rings. The number of alkyl halides is 3.